The number of carbonyl (C=O) groups is 3. The number of ether oxygens (including phenoxy) is 2. The fourth-order valence-electron chi connectivity index (χ4n) is 7.07. The van der Waals surface area contributed by atoms with Gasteiger partial charge in [0.05, 0.1) is 35.9 Å². The number of aliphatic hydroxyl groups excluding tert-OH is 3. The third-order valence-corrected chi connectivity index (χ3v) is 9.04. The van der Waals surface area contributed by atoms with Crippen molar-refractivity contribution < 1.29 is 44.3 Å². The molecule has 3 saturated carbocycles. The number of Topliss-reactive ketones (excluding diaryl/α,β-unsaturated/α-hetero) is 2. The molecular formula is C22H32O9. The highest BCUT2D eigenvalue weighted by molar-refractivity contribution is 6.40. The first-order valence-electron chi connectivity index (χ1n) is 10.8. The number of hydrogen-bond donors (Lipinski definition) is 4. The maximum Gasteiger partial charge on any atom is 0.303 e. The van der Waals surface area contributed by atoms with Crippen molar-refractivity contribution in [3.63, 3.8) is 0 Å². The van der Waals surface area contributed by atoms with Crippen molar-refractivity contribution in [1.29, 1.82) is 0 Å². The highest BCUT2D eigenvalue weighted by Crippen LogP contribution is 2.63. The summed E-state index contributed by atoms with van der Waals surface area (Å²) in [6, 6.07) is 0. The Balaban J connectivity index is 1.99. The first-order chi connectivity index (χ1) is 14.2. The average Bonchev–Trinajstić information content (AvgIpc) is 2.65. The zero-order valence-corrected chi connectivity index (χ0v) is 18.5. The largest absolute Gasteiger partial charge is 0.454 e. The Labute approximate surface area is 180 Å². The number of hydrogen-bond acceptors (Lipinski definition) is 9. The molecule has 4 N–H and O–H groups in total. The van der Waals surface area contributed by atoms with E-state index in [0.717, 1.165) is 0 Å². The van der Waals surface area contributed by atoms with Gasteiger partial charge in [-0.25, -0.2) is 0 Å². The van der Waals surface area contributed by atoms with Gasteiger partial charge < -0.3 is 29.9 Å². The van der Waals surface area contributed by atoms with Crippen LogP contribution in [-0.4, -0.2) is 80.2 Å². The molecule has 1 heterocycles. The summed E-state index contributed by atoms with van der Waals surface area (Å²) >= 11 is 0. The highest BCUT2D eigenvalue weighted by atomic mass is 16.6. The second kappa shape index (κ2) is 6.57. The van der Waals surface area contributed by atoms with E-state index in [1.165, 1.54) is 13.8 Å². The third-order valence-electron chi connectivity index (χ3n) is 9.04. The molecule has 3 aliphatic carbocycles. The molecule has 10 atom stereocenters. The maximum atomic E-state index is 13.7. The molecular weight excluding hydrogens is 408 g/mol. The minimum atomic E-state index is -1.99. The van der Waals surface area contributed by atoms with E-state index in [1.54, 1.807) is 20.8 Å². The molecule has 4 aliphatic rings. The van der Waals surface area contributed by atoms with Crippen molar-refractivity contribution in [1.82, 2.24) is 0 Å². The Hall–Kier alpha value is -1.39. The summed E-state index contributed by atoms with van der Waals surface area (Å²) in [5.41, 5.74) is -6.56. The van der Waals surface area contributed by atoms with Crippen LogP contribution < -0.4 is 0 Å². The van der Waals surface area contributed by atoms with Crippen molar-refractivity contribution in [2.24, 2.45) is 28.6 Å². The van der Waals surface area contributed by atoms with Crippen LogP contribution in [0.15, 0.2) is 0 Å². The average molecular weight is 440 g/mol. The molecule has 1 saturated heterocycles. The van der Waals surface area contributed by atoms with Crippen LogP contribution in [0.2, 0.25) is 0 Å². The zero-order valence-electron chi connectivity index (χ0n) is 18.5. The molecule has 0 aromatic carbocycles. The number of aliphatic hydroxyl groups is 4. The number of carbonyl (C=O) groups excluding carboxylic acids is 3. The Bertz CT molecular complexity index is 839. The molecule has 2 bridgehead atoms. The van der Waals surface area contributed by atoms with Gasteiger partial charge >= 0.3 is 5.97 Å². The van der Waals surface area contributed by atoms with Crippen LogP contribution in [0.4, 0.5) is 0 Å². The summed E-state index contributed by atoms with van der Waals surface area (Å²) in [6.45, 7) is 7.29. The van der Waals surface area contributed by atoms with E-state index in [-0.39, 0.29) is 19.4 Å². The fourth-order valence-corrected chi connectivity index (χ4v) is 7.07. The lowest BCUT2D eigenvalue weighted by atomic mass is 9.42. The second-order valence-electron chi connectivity index (χ2n) is 10.8. The predicted molar refractivity (Wildman–Crippen MR) is 104 cm³/mol. The third kappa shape index (κ3) is 2.52. The summed E-state index contributed by atoms with van der Waals surface area (Å²) in [4.78, 5) is 39.3. The minimum absolute atomic E-state index is 0.0588. The van der Waals surface area contributed by atoms with Crippen molar-refractivity contribution >= 4 is 17.5 Å². The second-order valence-corrected chi connectivity index (χ2v) is 10.8. The zero-order chi connectivity index (χ0) is 23.3. The molecule has 4 rings (SSSR count). The van der Waals surface area contributed by atoms with Crippen LogP contribution in [-0.2, 0) is 23.9 Å². The van der Waals surface area contributed by atoms with Crippen LogP contribution in [0.3, 0.4) is 0 Å². The lowest BCUT2D eigenvalue weighted by Gasteiger charge is -2.67. The van der Waals surface area contributed by atoms with Crippen LogP contribution in [0.25, 0.3) is 0 Å². The molecule has 174 valence electrons. The first-order valence-corrected chi connectivity index (χ1v) is 10.8. The van der Waals surface area contributed by atoms with Gasteiger partial charge in [0.1, 0.15) is 6.10 Å². The van der Waals surface area contributed by atoms with Gasteiger partial charge in [0, 0.05) is 37.0 Å². The quantitative estimate of drug-likeness (QED) is 0.308. The number of fused-ring (bicyclic) bond motifs is 5. The summed E-state index contributed by atoms with van der Waals surface area (Å²) in [6.07, 6.45) is -5.26. The molecule has 9 heteroatoms. The molecule has 31 heavy (non-hydrogen) atoms. The Morgan fingerprint density at radius 2 is 1.77 bits per heavy atom. The van der Waals surface area contributed by atoms with Gasteiger partial charge in [0.2, 0.25) is 11.6 Å². The molecule has 0 aromatic rings. The molecule has 0 spiro atoms. The van der Waals surface area contributed by atoms with Gasteiger partial charge in [0.25, 0.3) is 0 Å². The normalized spacial score (nSPS) is 53.4. The van der Waals surface area contributed by atoms with Gasteiger partial charge in [-0.3, -0.25) is 14.4 Å². The predicted octanol–water partition coefficient (Wildman–Crippen LogP) is -0.639. The summed E-state index contributed by atoms with van der Waals surface area (Å²) in [7, 11) is 0. The lowest BCUT2D eigenvalue weighted by Crippen LogP contribution is -2.82. The molecule has 2 unspecified atom stereocenters. The van der Waals surface area contributed by atoms with Crippen LogP contribution in [0.5, 0.6) is 0 Å². The Morgan fingerprint density at radius 1 is 1.16 bits per heavy atom. The monoisotopic (exact) mass is 440 g/mol. The first kappa shape index (κ1) is 22.8. The maximum absolute atomic E-state index is 13.7. The smallest absolute Gasteiger partial charge is 0.303 e. The molecule has 9 nitrogen and oxygen atoms in total. The number of ketones is 2. The van der Waals surface area contributed by atoms with Crippen molar-refractivity contribution in [3.05, 3.63) is 0 Å². The van der Waals surface area contributed by atoms with Gasteiger partial charge in [0.15, 0.2) is 5.60 Å². The number of rotatable bonds is 1. The highest BCUT2D eigenvalue weighted by Gasteiger charge is 2.77. The standard InChI is InChI=1S/C22H32O9/c1-9-11(24)7-22(29)18(28)16-20(5,17(27)15(26)14(9)19(22,3)4)12(25)6-13-21(16,8-30-13)31-10(2)23/h9,11-14,16,18,24-25,28-29H,6-8H2,1-5H3/t9?,11-,12-,13+,14?,16-,18-,20+,21-,22+/m0/s1. The van der Waals surface area contributed by atoms with Crippen LogP contribution in [0.1, 0.15) is 47.5 Å². The van der Waals surface area contributed by atoms with Gasteiger partial charge in [-0.1, -0.05) is 20.8 Å². The van der Waals surface area contributed by atoms with E-state index in [1.807, 2.05) is 0 Å². The molecule has 0 radical (unpaired) electrons. The van der Waals surface area contributed by atoms with E-state index in [2.05, 4.69) is 0 Å². The van der Waals surface area contributed by atoms with Crippen molar-refractivity contribution in [2.45, 2.75) is 83.1 Å². The van der Waals surface area contributed by atoms with E-state index in [4.69, 9.17) is 9.47 Å². The van der Waals surface area contributed by atoms with E-state index >= 15 is 0 Å². The van der Waals surface area contributed by atoms with Crippen LogP contribution >= 0.6 is 0 Å². The van der Waals surface area contributed by atoms with Crippen LogP contribution in [0, 0.1) is 28.6 Å². The fraction of sp³-hybridized carbons (Fsp3) is 0.864. The lowest BCUT2D eigenvalue weighted by molar-refractivity contribution is -0.350. The van der Waals surface area contributed by atoms with Gasteiger partial charge in [-0.15, -0.1) is 0 Å². The Kier molecular flexibility index (Phi) is 4.83. The summed E-state index contributed by atoms with van der Waals surface area (Å²) in [5.74, 6) is -5.36. The van der Waals surface area contributed by atoms with E-state index in [0.29, 0.717) is 0 Å². The molecule has 4 fully saturated rings. The van der Waals surface area contributed by atoms with Crippen molar-refractivity contribution in [3.8, 4) is 0 Å². The molecule has 0 aromatic heterocycles. The van der Waals surface area contributed by atoms with Crippen molar-refractivity contribution in [2.75, 3.05) is 6.61 Å². The topological polar surface area (TPSA) is 151 Å². The summed E-state index contributed by atoms with van der Waals surface area (Å²) < 4.78 is 11.2. The SMILES string of the molecule is CC(=O)O[C@@]12CO[C@@H]1C[C@H](O)[C@@]1(C)C(=O)C(=O)C3C(C)[C@@H](O)C[C@@](O)([C@@H](O)[C@H]21)C3(C)C. The number of esters is 1. The molecule has 0 amide bonds. The Morgan fingerprint density at radius 3 is 2.29 bits per heavy atom. The van der Waals surface area contributed by atoms with E-state index in [9.17, 15) is 34.8 Å². The van der Waals surface area contributed by atoms with E-state index < -0.39 is 81.7 Å². The van der Waals surface area contributed by atoms with Gasteiger partial charge in [-0.05, 0) is 12.8 Å². The molecule has 1 aliphatic heterocycles. The van der Waals surface area contributed by atoms with Gasteiger partial charge in [-0.2, -0.15) is 0 Å². The summed E-state index contributed by atoms with van der Waals surface area (Å²) in [5, 5.41) is 45.3. The minimum Gasteiger partial charge on any atom is -0.454 e.